The van der Waals surface area contributed by atoms with Gasteiger partial charge in [0.2, 0.25) is 0 Å². The number of amides is 1. The van der Waals surface area contributed by atoms with E-state index >= 15 is 0 Å². The Balaban J connectivity index is 1.70. The molecule has 0 aliphatic carbocycles. The number of anilines is 1. The van der Waals surface area contributed by atoms with E-state index in [9.17, 15) is 9.18 Å². The van der Waals surface area contributed by atoms with E-state index in [1.165, 1.54) is 13.2 Å². The van der Waals surface area contributed by atoms with Crippen molar-refractivity contribution in [2.45, 2.75) is 19.5 Å². The number of carbonyl (C=O) groups is 1. The molecule has 140 valence electrons. The Kier molecular flexibility index (Phi) is 5.72. The number of benzene rings is 3. The van der Waals surface area contributed by atoms with Crippen LogP contribution >= 0.6 is 0 Å². The molecule has 2 atom stereocenters. The number of ether oxygens (including phenoxy) is 1. The molecule has 2 N–H and O–H groups in total. The topological polar surface area (TPSA) is 42.8 Å². The Morgan fingerprint density at radius 1 is 1.15 bits per heavy atom. The van der Waals surface area contributed by atoms with Crippen molar-refractivity contribution >= 4 is 22.4 Å². The number of fused-ring (bicyclic) bond motifs is 1. The smallest absolute Gasteiger partial charge is 0.282 e. The minimum absolute atomic E-state index is 0.0714. The first-order valence-corrected chi connectivity index (χ1v) is 8.93. The molecule has 0 saturated carbocycles. The van der Waals surface area contributed by atoms with Crippen molar-refractivity contribution in [2.75, 3.05) is 19.5 Å². The molecule has 3 rings (SSSR count). The molecule has 0 fully saturated rings. The Bertz CT molecular complexity index is 953. The summed E-state index contributed by atoms with van der Waals surface area (Å²) < 4.78 is 18.8. The van der Waals surface area contributed by atoms with Crippen LogP contribution in [0.5, 0.6) is 5.75 Å². The average molecular weight is 367 g/mol. The molecule has 0 aliphatic heterocycles. The number of hydrogen-bond acceptors (Lipinski definition) is 2. The molecule has 0 aliphatic rings. The van der Waals surface area contributed by atoms with E-state index in [2.05, 4.69) is 5.32 Å². The van der Waals surface area contributed by atoms with Crippen LogP contribution in [-0.2, 0) is 11.3 Å². The maximum absolute atomic E-state index is 13.9. The van der Waals surface area contributed by atoms with Gasteiger partial charge in [-0.05, 0) is 36.6 Å². The molecule has 3 aromatic rings. The number of quaternary nitrogens is 1. The second-order valence-electron chi connectivity index (χ2n) is 6.73. The van der Waals surface area contributed by atoms with Gasteiger partial charge in [0.15, 0.2) is 17.6 Å². The summed E-state index contributed by atoms with van der Waals surface area (Å²) in [6.45, 7) is 2.40. The third-order valence-corrected chi connectivity index (χ3v) is 4.88. The molecule has 3 aromatic carbocycles. The molecule has 0 aromatic heterocycles. The minimum atomic E-state index is -0.393. The summed E-state index contributed by atoms with van der Waals surface area (Å²) in [4.78, 5) is 13.7. The lowest BCUT2D eigenvalue weighted by molar-refractivity contribution is -0.907. The van der Waals surface area contributed by atoms with Crippen LogP contribution in [-0.4, -0.2) is 26.1 Å². The van der Waals surface area contributed by atoms with Gasteiger partial charge in [0, 0.05) is 16.6 Å². The highest BCUT2D eigenvalue weighted by Crippen LogP contribution is 2.23. The maximum Gasteiger partial charge on any atom is 0.282 e. The highest BCUT2D eigenvalue weighted by atomic mass is 19.1. The van der Waals surface area contributed by atoms with E-state index in [1.54, 1.807) is 6.07 Å². The number of hydrogen-bond donors (Lipinski definition) is 2. The van der Waals surface area contributed by atoms with Crippen LogP contribution in [0.2, 0.25) is 0 Å². The van der Waals surface area contributed by atoms with Crippen LogP contribution < -0.4 is 15.0 Å². The van der Waals surface area contributed by atoms with Gasteiger partial charge in [0.1, 0.15) is 6.54 Å². The summed E-state index contributed by atoms with van der Waals surface area (Å²) in [6, 6.07) is 18.4. The van der Waals surface area contributed by atoms with Crippen molar-refractivity contribution in [1.29, 1.82) is 0 Å². The monoisotopic (exact) mass is 367 g/mol. The van der Waals surface area contributed by atoms with Gasteiger partial charge in [-0.15, -0.1) is 0 Å². The Morgan fingerprint density at radius 2 is 1.89 bits per heavy atom. The molecule has 0 heterocycles. The third kappa shape index (κ3) is 4.26. The first-order chi connectivity index (χ1) is 13.0. The van der Waals surface area contributed by atoms with E-state index < -0.39 is 5.82 Å². The minimum Gasteiger partial charge on any atom is -0.494 e. The lowest BCUT2D eigenvalue weighted by Gasteiger charge is -2.21. The van der Waals surface area contributed by atoms with E-state index in [0.29, 0.717) is 6.54 Å². The molecule has 0 bridgehead atoms. The predicted octanol–water partition coefficient (Wildman–Crippen LogP) is 3.03. The molecular formula is C22H24FN2O2+. The average Bonchev–Trinajstić information content (AvgIpc) is 2.67. The molecule has 27 heavy (non-hydrogen) atoms. The highest BCUT2D eigenvalue weighted by Gasteiger charge is 2.23. The molecule has 4 nitrogen and oxygen atoms in total. The van der Waals surface area contributed by atoms with Gasteiger partial charge in [-0.2, -0.15) is 0 Å². The summed E-state index contributed by atoms with van der Waals surface area (Å²) in [5.41, 5.74) is 1.61. The number of carbonyl (C=O) groups excluding carboxylic acids is 1. The van der Waals surface area contributed by atoms with Gasteiger partial charge in [-0.25, -0.2) is 4.39 Å². The molecule has 1 unspecified atom stereocenters. The summed E-state index contributed by atoms with van der Waals surface area (Å²) in [5.74, 6) is -0.244. The van der Waals surface area contributed by atoms with Crippen LogP contribution in [0.3, 0.4) is 0 Å². The molecule has 0 saturated heterocycles. The van der Waals surface area contributed by atoms with Gasteiger partial charge in [0.25, 0.3) is 5.91 Å². The third-order valence-electron chi connectivity index (χ3n) is 4.88. The van der Waals surface area contributed by atoms with Crippen molar-refractivity contribution in [1.82, 2.24) is 0 Å². The summed E-state index contributed by atoms with van der Waals surface area (Å²) in [5, 5.41) is 5.12. The van der Waals surface area contributed by atoms with Crippen LogP contribution in [0.4, 0.5) is 10.1 Å². The van der Waals surface area contributed by atoms with Gasteiger partial charge < -0.3 is 15.0 Å². The number of likely N-dealkylation sites (N-methyl/N-ethyl adjacent to an activating group) is 1. The molecular weight excluding hydrogens is 343 g/mol. The second-order valence-corrected chi connectivity index (χ2v) is 6.73. The van der Waals surface area contributed by atoms with Gasteiger partial charge in [-0.3, -0.25) is 4.79 Å². The van der Waals surface area contributed by atoms with E-state index in [-0.39, 0.29) is 17.7 Å². The first kappa shape index (κ1) is 18.9. The Hall–Kier alpha value is -2.92. The highest BCUT2D eigenvalue weighted by molar-refractivity contribution is 6.03. The van der Waals surface area contributed by atoms with Gasteiger partial charge in [0.05, 0.1) is 14.2 Å². The Morgan fingerprint density at radius 3 is 2.63 bits per heavy atom. The summed E-state index contributed by atoms with van der Waals surface area (Å²) in [6.07, 6.45) is 0. The molecule has 5 heteroatoms. The fourth-order valence-electron chi connectivity index (χ4n) is 3.09. The first-order valence-electron chi connectivity index (χ1n) is 8.93. The van der Waals surface area contributed by atoms with Crippen molar-refractivity contribution < 1.29 is 18.8 Å². The number of nitrogens with one attached hydrogen (secondary N) is 2. The van der Waals surface area contributed by atoms with E-state index in [0.717, 1.165) is 26.9 Å². The van der Waals surface area contributed by atoms with Gasteiger partial charge >= 0.3 is 0 Å². The second kappa shape index (κ2) is 8.18. The molecule has 1 amide bonds. The van der Waals surface area contributed by atoms with Crippen molar-refractivity contribution in [2.24, 2.45) is 0 Å². The zero-order valence-electron chi connectivity index (χ0n) is 15.8. The normalized spacial score (nSPS) is 13.2. The van der Waals surface area contributed by atoms with Gasteiger partial charge in [-0.1, -0.05) is 36.4 Å². The van der Waals surface area contributed by atoms with E-state index in [1.807, 2.05) is 62.5 Å². The maximum atomic E-state index is 13.9. The predicted molar refractivity (Wildman–Crippen MR) is 106 cm³/mol. The lowest BCUT2D eigenvalue weighted by atomic mass is 10.1. The SMILES string of the molecule is COc1ccc(C[NH+](C)[C@H](C)C(=O)Nc2cccc3ccccc23)cc1F. The lowest BCUT2D eigenvalue weighted by Crippen LogP contribution is -3.12. The quantitative estimate of drug-likeness (QED) is 0.703. The summed E-state index contributed by atoms with van der Waals surface area (Å²) in [7, 11) is 3.37. The zero-order valence-corrected chi connectivity index (χ0v) is 15.8. The fourth-order valence-corrected chi connectivity index (χ4v) is 3.09. The fraction of sp³-hybridized carbons (Fsp3) is 0.227. The summed E-state index contributed by atoms with van der Waals surface area (Å²) >= 11 is 0. The van der Waals surface area contributed by atoms with Crippen molar-refractivity contribution in [3.05, 3.63) is 72.0 Å². The largest absolute Gasteiger partial charge is 0.494 e. The van der Waals surface area contributed by atoms with Crippen LogP contribution in [0.25, 0.3) is 10.8 Å². The molecule has 0 radical (unpaired) electrons. The standard InChI is InChI=1S/C22H23FN2O2/c1-15(25(2)14-16-11-12-21(27-3)19(23)13-16)22(26)24-20-10-6-8-17-7-4-5-9-18(17)20/h4-13,15H,14H2,1-3H3,(H,24,26)/p+1/t15-/m1/s1. The number of rotatable bonds is 6. The van der Waals surface area contributed by atoms with Crippen LogP contribution in [0.15, 0.2) is 60.7 Å². The van der Waals surface area contributed by atoms with Crippen molar-refractivity contribution in [3.63, 3.8) is 0 Å². The van der Waals surface area contributed by atoms with E-state index in [4.69, 9.17) is 4.74 Å². The number of halogens is 1. The van der Waals surface area contributed by atoms with Crippen molar-refractivity contribution in [3.8, 4) is 5.75 Å². The zero-order chi connectivity index (χ0) is 19.4. The number of methoxy groups -OCH3 is 1. The Labute approximate surface area is 158 Å². The van der Waals surface area contributed by atoms with Crippen LogP contribution in [0, 0.1) is 5.82 Å². The van der Waals surface area contributed by atoms with Crippen LogP contribution in [0.1, 0.15) is 12.5 Å². The molecule has 0 spiro atoms.